The molecule has 0 spiro atoms. The number of rotatable bonds is 6. The zero-order chi connectivity index (χ0) is 22.7. The predicted molar refractivity (Wildman–Crippen MR) is 122 cm³/mol. The van der Waals surface area contributed by atoms with Crippen molar-refractivity contribution in [3.05, 3.63) is 110 Å². The van der Waals surface area contributed by atoms with Crippen molar-refractivity contribution in [1.82, 2.24) is 9.97 Å². The van der Waals surface area contributed by atoms with Crippen LogP contribution >= 0.6 is 11.6 Å². The Morgan fingerprint density at radius 3 is 2.56 bits per heavy atom. The van der Waals surface area contributed by atoms with Crippen molar-refractivity contribution in [3.63, 3.8) is 0 Å². The second-order valence-electron chi connectivity index (χ2n) is 6.77. The fraction of sp³-hybridized carbons (Fsp3) is 0.0455. The Kier molecular flexibility index (Phi) is 5.93. The van der Waals surface area contributed by atoms with Gasteiger partial charge in [0.1, 0.15) is 11.8 Å². The van der Waals surface area contributed by atoms with E-state index in [1.54, 1.807) is 48.5 Å². The average molecular weight is 450 g/mol. The summed E-state index contributed by atoms with van der Waals surface area (Å²) in [5.41, 5.74) is 3.20. The van der Waals surface area contributed by atoms with Gasteiger partial charge in [0.15, 0.2) is 5.69 Å². The number of fused-ring (bicyclic) bond motifs is 1. The maximum atomic E-state index is 12.8. The van der Waals surface area contributed by atoms with E-state index in [1.807, 2.05) is 6.07 Å². The molecule has 0 bridgehead atoms. The molecule has 3 aromatic carbocycles. The van der Waals surface area contributed by atoms with Crippen LogP contribution in [0.25, 0.3) is 11.0 Å². The minimum Gasteiger partial charge on any atom is -0.382 e. The van der Waals surface area contributed by atoms with Crippen molar-refractivity contribution in [2.75, 3.05) is 5.43 Å². The van der Waals surface area contributed by atoms with Gasteiger partial charge in [-0.3, -0.25) is 20.3 Å². The lowest BCUT2D eigenvalue weighted by atomic mass is 10.0. The molecule has 0 unspecified atom stereocenters. The molecular formula is C22H16ClN5O4. The van der Waals surface area contributed by atoms with Crippen molar-refractivity contribution >= 4 is 39.7 Å². The first-order valence-corrected chi connectivity index (χ1v) is 9.82. The lowest BCUT2D eigenvalue weighted by Gasteiger charge is -2.15. The van der Waals surface area contributed by atoms with Crippen LogP contribution in [0.2, 0.25) is 5.02 Å². The number of nitro groups is 1. The van der Waals surface area contributed by atoms with Gasteiger partial charge in [0, 0.05) is 22.7 Å². The van der Waals surface area contributed by atoms with Crippen molar-refractivity contribution < 1.29 is 10.0 Å². The van der Waals surface area contributed by atoms with E-state index in [9.17, 15) is 20.0 Å². The second-order valence-corrected chi connectivity index (χ2v) is 7.18. The molecular weight excluding hydrogens is 434 g/mol. The molecule has 0 aliphatic rings. The summed E-state index contributed by atoms with van der Waals surface area (Å²) in [6, 6.07) is 19.5. The van der Waals surface area contributed by atoms with Crippen LogP contribution in [-0.2, 0) is 0 Å². The number of non-ortho nitro benzene ring substituents is 1. The van der Waals surface area contributed by atoms with Crippen LogP contribution in [0.4, 0.5) is 11.4 Å². The van der Waals surface area contributed by atoms with Gasteiger partial charge in [0.2, 0.25) is 0 Å². The Balaban J connectivity index is 1.85. The number of aliphatic hydroxyl groups excluding tert-OH is 1. The van der Waals surface area contributed by atoms with E-state index in [2.05, 4.69) is 20.5 Å². The molecule has 4 rings (SSSR count). The SMILES string of the molecule is O=c1[nH]c2cc([N+](=O)[O-])ccc2nc1/C(=N\Nc1ccccc1)[C@@H](O)c1ccccc1Cl. The molecule has 32 heavy (non-hydrogen) atoms. The molecule has 3 N–H and O–H groups in total. The number of para-hydroxylation sites is 1. The van der Waals surface area contributed by atoms with Crippen LogP contribution in [0.1, 0.15) is 17.4 Å². The number of nitrogens with one attached hydrogen (secondary N) is 2. The zero-order valence-corrected chi connectivity index (χ0v) is 17.2. The van der Waals surface area contributed by atoms with Crippen LogP contribution in [0.5, 0.6) is 0 Å². The Bertz CT molecular complexity index is 1390. The molecule has 0 saturated carbocycles. The molecule has 10 heteroatoms. The lowest BCUT2D eigenvalue weighted by Crippen LogP contribution is -2.26. The van der Waals surface area contributed by atoms with Crippen molar-refractivity contribution in [1.29, 1.82) is 0 Å². The Hall–Kier alpha value is -4.08. The largest absolute Gasteiger partial charge is 0.382 e. The highest BCUT2D eigenvalue weighted by Gasteiger charge is 2.24. The normalized spacial score (nSPS) is 12.5. The standard InChI is InChI=1S/C22H16ClN5O4/c23-16-9-5-4-8-15(16)21(29)19(27-26-13-6-2-1-3-7-13)20-22(30)25-18-12-14(28(31)32)10-11-17(18)24-20/h1-12,21,26,29H,(H,25,30)/b27-19+/t21-/m0/s1. The van der Waals surface area contributed by atoms with Gasteiger partial charge in [-0.15, -0.1) is 0 Å². The second kappa shape index (κ2) is 8.96. The number of aliphatic hydroxyl groups is 1. The summed E-state index contributed by atoms with van der Waals surface area (Å²) in [5, 5.41) is 26.6. The lowest BCUT2D eigenvalue weighted by molar-refractivity contribution is -0.384. The Morgan fingerprint density at radius 1 is 1.12 bits per heavy atom. The van der Waals surface area contributed by atoms with Gasteiger partial charge in [-0.05, 0) is 24.3 Å². The van der Waals surface area contributed by atoms with E-state index in [4.69, 9.17) is 11.6 Å². The Morgan fingerprint density at radius 2 is 1.84 bits per heavy atom. The molecule has 0 amide bonds. The molecule has 1 atom stereocenters. The highest BCUT2D eigenvalue weighted by molar-refractivity contribution is 6.31. The highest BCUT2D eigenvalue weighted by atomic mass is 35.5. The van der Waals surface area contributed by atoms with Crippen molar-refractivity contribution in [2.45, 2.75) is 6.10 Å². The van der Waals surface area contributed by atoms with Gasteiger partial charge in [0.05, 0.1) is 21.6 Å². The number of aromatic nitrogens is 2. The minimum atomic E-state index is -1.37. The monoisotopic (exact) mass is 449 g/mol. The molecule has 0 aliphatic heterocycles. The van der Waals surface area contributed by atoms with Gasteiger partial charge < -0.3 is 10.1 Å². The fourth-order valence-corrected chi connectivity index (χ4v) is 3.33. The van der Waals surface area contributed by atoms with Crippen molar-refractivity contribution in [3.8, 4) is 0 Å². The number of benzene rings is 3. The molecule has 0 fully saturated rings. The number of hydrazone groups is 1. The molecule has 0 radical (unpaired) electrons. The van der Waals surface area contributed by atoms with Crippen molar-refractivity contribution in [2.24, 2.45) is 5.10 Å². The molecule has 1 heterocycles. The van der Waals surface area contributed by atoms with Gasteiger partial charge in [-0.25, -0.2) is 4.98 Å². The Labute approximate surface area is 186 Å². The highest BCUT2D eigenvalue weighted by Crippen LogP contribution is 2.26. The topological polar surface area (TPSA) is 134 Å². The molecule has 0 aliphatic carbocycles. The summed E-state index contributed by atoms with van der Waals surface area (Å²) in [6.07, 6.45) is -1.37. The molecule has 0 saturated heterocycles. The number of nitro benzene ring substituents is 1. The van der Waals surface area contributed by atoms with E-state index in [1.165, 1.54) is 18.2 Å². The first-order valence-electron chi connectivity index (χ1n) is 9.44. The molecule has 160 valence electrons. The van der Waals surface area contributed by atoms with Crippen LogP contribution in [0.15, 0.2) is 82.7 Å². The molecule has 4 aromatic rings. The summed E-state index contributed by atoms with van der Waals surface area (Å²) >= 11 is 6.24. The number of hydrogen-bond acceptors (Lipinski definition) is 7. The first kappa shape index (κ1) is 21.2. The number of nitrogens with zero attached hydrogens (tertiary/aromatic N) is 3. The molecule has 1 aromatic heterocycles. The first-order chi connectivity index (χ1) is 15.4. The van der Waals surface area contributed by atoms with Crippen LogP contribution < -0.4 is 11.0 Å². The number of H-pyrrole nitrogens is 1. The maximum Gasteiger partial charge on any atom is 0.276 e. The van der Waals surface area contributed by atoms with E-state index in [0.29, 0.717) is 21.8 Å². The van der Waals surface area contributed by atoms with Crippen LogP contribution in [-0.4, -0.2) is 25.7 Å². The third kappa shape index (κ3) is 4.34. The van der Waals surface area contributed by atoms with Crippen LogP contribution in [0.3, 0.4) is 0 Å². The predicted octanol–water partition coefficient (Wildman–Crippen LogP) is 4.03. The summed E-state index contributed by atoms with van der Waals surface area (Å²) in [4.78, 5) is 30.2. The third-order valence-electron chi connectivity index (χ3n) is 4.67. The maximum absolute atomic E-state index is 12.8. The molecule has 9 nitrogen and oxygen atoms in total. The number of aromatic amines is 1. The van der Waals surface area contributed by atoms with E-state index >= 15 is 0 Å². The summed E-state index contributed by atoms with van der Waals surface area (Å²) in [5.74, 6) is 0. The summed E-state index contributed by atoms with van der Waals surface area (Å²) in [6.45, 7) is 0. The quantitative estimate of drug-likeness (QED) is 0.231. The average Bonchev–Trinajstić information content (AvgIpc) is 2.79. The van der Waals surface area contributed by atoms with E-state index in [0.717, 1.165) is 0 Å². The van der Waals surface area contributed by atoms with Gasteiger partial charge in [-0.2, -0.15) is 5.10 Å². The van der Waals surface area contributed by atoms with E-state index < -0.39 is 16.6 Å². The van der Waals surface area contributed by atoms with Gasteiger partial charge in [-0.1, -0.05) is 48.0 Å². The van der Waals surface area contributed by atoms with Crippen LogP contribution in [0, 0.1) is 10.1 Å². The number of hydrogen-bond donors (Lipinski definition) is 3. The summed E-state index contributed by atoms with van der Waals surface area (Å²) < 4.78 is 0. The van der Waals surface area contributed by atoms with E-state index in [-0.39, 0.29) is 22.6 Å². The van der Waals surface area contributed by atoms with Gasteiger partial charge in [0.25, 0.3) is 11.2 Å². The third-order valence-corrected chi connectivity index (χ3v) is 5.01. The number of halogens is 1. The summed E-state index contributed by atoms with van der Waals surface area (Å²) in [7, 11) is 0. The minimum absolute atomic E-state index is 0.0662. The smallest absolute Gasteiger partial charge is 0.276 e. The zero-order valence-electron chi connectivity index (χ0n) is 16.4. The van der Waals surface area contributed by atoms with Gasteiger partial charge >= 0.3 is 0 Å². The fourth-order valence-electron chi connectivity index (χ4n) is 3.09. The number of anilines is 1.